The molecule has 1 aromatic heterocycles. The van der Waals surface area contributed by atoms with Crippen LogP contribution in [-0.2, 0) is 9.53 Å². The molecule has 2 heterocycles. The van der Waals surface area contributed by atoms with Crippen LogP contribution in [0, 0.1) is 13.8 Å². The van der Waals surface area contributed by atoms with Crippen LogP contribution in [0.4, 0.5) is 5.69 Å². The van der Waals surface area contributed by atoms with Gasteiger partial charge >= 0.3 is 0 Å². The summed E-state index contributed by atoms with van der Waals surface area (Å²) in [7, 11) is 0. The first-order valence-electron chi connectivity index (χ1n) is 7.76. The Kier molecular flexibility index (Phi) is 4.73. The zero-order chi connectivity index (χ0) is 16.2. The van der Waals surface area contributed by atoms with Gasteiger partial charge in [-0.15, -0.1) is 0 Å². The lowest BCUT2D eigenvalue weighted by Gasteiger charge is -2.23. The lowest BCUT2D eigenvalue weighted by molar-refractivity contribution is -0.117. The Morgan fingerprint density at radius 3 is 3.00 bits per heavy atom. The predicted octanol–water partition coefficient (Wildman–Crippen LogP) is 2.28. The number of amides is 1. The van der Waals surface area contributed by atoms with Crippen molar-refractivity contribution in [3.8, 4) is 11.5 Å². The number of anilines is 1. The first-order chi connectivity index (χ1) is 11.1. The molecule has 122 valence electrons. The van der Waals surface area contributed by atoms with Crippen LogP contribution < -0.4 is 10.6 Å². The minimum Gasteiger partial charge on any atom is -0.444 e. The minimum atomic E-state index is -0.0358. The van der Waals surface area contributed by atoms with Crippen molar-refractivity contribution >= 4 is 11.6 Å². The predicted molar refractivity (Wildman–Crippen MR) is 87.3 cm³/mol. The van der Waals surface area contributed by atoms with E-state index in [0.29, 0.717) is 25.5 Å². The largest absolute Gasteiger partial charge is 0.444 e. The Morgan fingerprint density at radius 1 is 1.43 bits per heavy atom. The molecule has 0 saturated carbocycles. The van der Waals surface area contributed by atoms with E-state index in [1.807, 2.05) is 32.0 Å². The molecule has 1 amide bonds. The molecule has 1 aromatic carbocycles. The molecule has 1 aliphatic heterocycles. The van der Waals surface area contributed by atoms with Crippen molar-refractivity contribution < 1.29 is 13.9 Å². The third-order valence-electron chi connectivity index (χ3n) is 3.80. The van der Waals surface area contributed by atoms with Crippen molar-refractivity contribution in [2.75, 3.05) is 25.1 Å². The van der Waals surface area contributed by atoms with Gasteiger partial charge in [0.2, 0.25) is 11.8 Å². The monoisotopic (exact) mass is 315 g/mol. The first-order valence-corrected chi connectivity index (χ1v) is 7.76. The van der Waals surface area contributed by atoms with Gasteiger partial charge in [0, 0.05) is 30.3 Å². The lowest BCUT2D eigenvalue weighted by Crippen LogP contribution is -2.43. The zero-order valence-corrected chi connectivity index (χ0v) is 13.4. The SMILES string of the molecule is Cc1coc(-c2cc(NC(=O)CC3COCCN3)ccc2C)n1. The summed E-state index contributed by atoms with van der Waals surface area (Å²) in [5, 5.41) is 6.20. The van der Waals surface area contributed by atoms with Crippen molar-refractivity contribution in [2.45, 2.75) is 26.3 Å². The molecule has 0 spiro atoms. The molecule has 0 radical (unpaired) electrons. The number of aryl methyl sites for hydroxylation is 2. The summed E-state index contributed by atoms with van der Waals surface area (Å²) < 4.78 is 10.8. The summed E-state index contributed by atoms with van der Waals surface area (Å²) >= 11 is 0. The van der Waals surface area contributed by atoms with E-state index >= 15 is 0 Å². The van der Waals surface area contributed by atoms with Crippen LogP contribution in [0.15, 0.2) is 28.9 Å². The topological polar surface area (TPSA) is 76.4 Å². The third-order valence-corrected chi connectivity index (χ3v) is 3.80. The van der Waals surface area contributed by atoms with Crippen LogP contribution in [0.5, 0.6) is 0 Å². The molecule has 2 N–H and O–H groups in total. The molecule has 0 aliphatic carbocycles. The number of rotatable bonds is 4. The molecular formula is C17H21N3O3. The molecule has 0 bridgehead atoms. The van der Waals surface area contributed by atoms with Gasteiger partial charge < -0.3 is 19.8 Å². The number of nitrogens with zero attached hydrogens (tertiary/aromatic N) is 1. The van der Waals surface area contributed by atoms with Gasteiger partial charge in [-0.05, 0) is 31.5 Å². The van der Waals surface area contributed by atoms with Gasteiger partial charge in [0.05, 0.1) is 18.9 Å². The van der Waals surface area contributed by atoms with E-state index in [-0.39, 0.29) is 11.9 Å². The molecule has 1 aliphatic rings. The summed E-state index contributed by atoms with van der Waals surface area (Å²) in [6.07, 6.45) is 2.01. The maximum absolute atomic E-state index is 12.2. The Hall–Kier alpha value is -2.18. The van der Waals surface area contributed by atoms with Crippen LogP contribution in [0.25, 0.3) is 11.5 Å². The number of morpholine rings is 1. The van der Waals surface area contributed by atoms with Crippen LogP contribution >= 0.6 is 0 Å². The van der Waals surface area contributed by atoms with Crippen molar-refractivity contribution in [1.82, 2.24) is 10.3 Å². The van der Waals surface area contributed by atoms with E-state index in [0.717, 1.165) is 29.1 Å². The number of carbonyl (C=O) groups excluding carboxylic acids is 1. The second-order valence-electron chi connectivity index (χ2n) is 5.80. The molecule has 1 unspecified atom stereocenters. The van der Waals surface area contributed by atoms with E-state index < -0.39 is 0 Å². The van der Waals surface area contributed by atoms with Crippen molar-refractivity contribution in [1.29, 1.82) is 0 Å². The highest BCUT2D eigenvalue weighted by atomic mass is 16.5. The van der Waals surface area contributed by atoms with E-state index in [2.05, 4.69) is 15.6 Å². The molecular weight excluding hydrogens is 294 g/mol. The number of hydrogen-bond acceptors (Lipinski definition) is 5. The number of carbonyl (C=O) groups is 1. The maximum Gasteiger partial charge on any atom is 0.226 e. The van der Waals surface area contributed by atoms with Crippen LogP contribution in [0.3, 0.4) is 0 Å². The van der Waals surface area contributed by atoms with Gasteiger partial charge in [0.1, 0.15) is 6.26 Å². The summed E-state index contributed by atoms with van der Waals surface area (Å²) in [6.45, 7) is 5.93. The molecule has 6 heteroatoms. The Balaban J connectivity index is 1.69. The van der Waals surface area contributed by atoms with E-state index in [1.165, 1.54) is 0 Å². The average Bonchev–Trinajstić information content (AvgIpc) is 2.96. The number of hydrogen-bond donors (Lipinski definition) is 2. The Bertz CT molecular complexity index is 690. The van der Waals surface area contributed by atoms with E-state index in [9.17, 15) is 4.79 Å². The lowest BCUT2D eigenvalue weighted by atomic mass is 10.1. The molecule has 1 atom stereocenters. The first kappa shape index (κ1) is 15.7. The molecule has 1 saturated heterocycles. The summed E-state index contributed by atoms with van der Waals surface area (Å²) in [5.74, 6) is 0.532. The number of oxazole rings is 1. The number of nitrogens with one attached hydrogen (secondary N) is 2. The Labute approximate surface area is 135 Å². The van der Waals surface area contributed by atoms with Gasteiger partial charge in [-0.3, -0.25) is 4.79 Å². The molecule has 2 aromatic rings. The molecule has 1 fully saturated rings. The smallest absolute Gasteiger partial charge is 0.226 e. The standard InChI is InChI=1S/C17H21N3O3/c1-11-3-4-13(7-15(11)17-19-12(2)9-23-17)20-16(21)8-14-10-22-6-5-18-14/h3-4,7,9,14,18H,5-6,8,10H2,1-2H3,(H,20,21). The fourth-order valence-corrected chi connectivity index (χ4v) is 2.59. The molecule has 6 nitrogen and oxygen atoms in total. The normalized spacial score (nSPS) is 17.9. The van der Waals surface area contributed by atoms with Gasteiger partial charge in [-0.2, -0.15) is 0 Å². The van der Waals surface area contributed by atoms with Gasteiger partial charge in [0.15, 0.2) is 0 Å². The molecule has 23 heavy (non-hydrogen) atoms. The number of benzene rings is 1. The zero-order valence-electron chi connectivity index (χ0n) is 13.4. The van der Waals surface area contributed by atoms with Crippen molar-refractivity contribution in [3.05, 3.63) is 35.7 Å². The van der Waals surface area contributed by atoms with Gasteiger partial charge in [0.25, 0.3) is 0 Å². The van der Waals surface area contributed by atoms with Crippen LogP contribution in [0.1, 0.15) is 17.7 Å². The second kappa shape index (κ2) is 6.93. The van der Waals surface area contributed by atoms with Gasteiger partial charge in [-0.1, -0.05) is 6.07 Å². The van der Waals surface area contributed by atoms with Crippen LogP contribution in [0.2, 0.25) is 0 Å². The highest BCUT2D eigenvalue weighted by Crippen LogP contribution is 2.26. The van der Waals surface area contributed by atoms with Gasteiger partial charge in [-0.25, -0.2) is 4.98 Å². The summed E-state index contributed by atoms with van der Waals surface area (Å²) in [4.78, 5) is 16.5. The summed E-state index contributed by atoms with van der Waals surface area (Å²) in [5.41, 5.74) is 3.50. The quantitative estimate of drug-likeness (QED) is 0.905. The van der Waals surface area contributed by atoms with E-state index in [4.69, 9.17) is 9.15 Å². The number of ether oxygens (including phenoxy) is 1. The highest BCUT2D eigenvalue weighted by molar-refractivity contribution is 5.91. The fourth-order valence-electron chi connectivity index (χ4n) is 2.59. The number of aromatic nitrogens is 1. The maximum atomic E-state index is 12.2. The summed E-state index contributed by atoms with van der Waals surface area (Å²) in [6, 6.07) is 5.80. The van der Waals surface area contributed by atoms with E-state index in [1.54, 1.807) is 6.26 Å². The third kappa shape index (κ3) is 3.97. The minimum absolute atomic E-state index is 0.0358. The second-order valence-corrected chi connectivity index (χ2v) is 5.80. The van der Waals surface area contributed by atoms with Crippen LogP contribution in [-0.4, -0.2) is 36.7 Å². The van der Waals surface area contributed by atoms with Crippen molar-refractivity contribution in [3.63, 3.8) is 0 Å². The molecule has 3 rings (SSSR count). The Morgan fingerprint density at radius 2 is 2.30 bits per heavy atom. The average molecular weight is 315 g/mol. The fraction of sp³-hybridized carbons (Fsp3) is 0.412. The van der Waals surface area contributed by atoms with Crippen molar-refractivity contribution in [2.24, 2.45) is 0 Å². The highest BCUT2D eigenvalue weighted by Gasteiger charge is 2.17.